The number of H-pyrrole nitrogens is 1. The molecule has 0 unspecified atom stereocenters. The normalized spacial score (nSPS) is 10.7. The van der Waals surface area contributed by atoms with Crippen molar-refractivity contribution in [2.75, 3.05) is 6.54 Å². The number of amides is 1. The van der Waals surface area contributed by atoms with Crippen LogP contribution >= 0.6 is 0 Å². The second-order valence-corrected chi connectivity index (χ2v) is 5.98. The molecule has 5 N–H and O–H groups in total. The first-order chi connectivity index (χ1) is 12.8. The summed E-state index contributed by atoms with van der Waals surface area (Å²) in [6.07, 6.45) is 0.494. The second kappa shape index (κ2) is 7.20. The molecule has 3 rings (SSSR count). The smallest absolute Gasteiger partial charge is 0.322 e. The first-order valence-corrected chi connectivity index (χ1v) is 8.01. The van der Waals surface area contributed by atoms with Crippen molar-refractivity contribution in [1.82, 2.24) is 10.3 Å². The Bertz CT molecular complexity index is 1100. The number of hydrogen-bond acceptors (Lipinski definition) is 5. The lowest BCUT2D eigenvalue weighted by Crippen LogP contribution is -2.33. The zero-order valence-electron chi connectivity index (χ0n) is 14.0. The molecule has 0 radical (unpaired) electrons. The highest BCUT2D eigenvalue weighted by molar-refractivity contribution is 6.02. The van der Waals surface area contributed by atoms with E-state index in [0.29, 0.717) is 11.9 Å². The van der Waals surface area contributed by atoms with E-state index in [1.54, 1.807) is 36.4 Å². The summed E-state index contributed by atoms with van der Waals surface area (Å²) in [5, 5.41) is 30.8. The Balaban J connectivity index is 1.97. The molecule has 0 aliphatic heterocycles. The summed E-state index contributed by atoms with van der Waals surface area (Å²) in [6.45, 7) is -0.668. The average Bonchev–Trinajstić information content (AvgIpc) is 2.59. The number of aromatic amines is 1. The summed E-state index contributed by atoms with van der Waals surface area (Å²) in [6, 6.07) is 11.7. The van der Waals surface area contributed by atoms with Crippen LogP contribution in [0.4, 0.5) is 0 Å². The van der Waals surface area contributed by atoms with Crippen LogP contribution < -0.4 is 10.9 Å². The van der Waals surface area contributed by atoms with Crippen molar-refractivity contribution in [3.05, 3.63) is 69.5 Å². The van der Waals surface area contributed by atoms with E-state index >= 15 is 0 Å². The van der Waals surface area contributed by atoms with E-state index in [-0.39, 0.29) is 11.1 Å². The molecule has 0 aliphatic rings. The summed E-state index contributed by atoms with van der Waals surface area (Å²) in [5.74, 6) is -2.60. The van der Waals surface area contributed by atoms with Crippen LogP contribution in [-0.4, -0.2) is 38.7 Å². The van der Waals surface area contributed by atoms with Gasteiger partial charge in [0, 0.05) is 5.39 Å². The number of phenols is 1. The Morgan fingerprint density at radius 3 is 2.48 bits per heavy atom. The average molecular weight is 368 g/mol. The highest BCUT2D eigenvalue weighted by Gasteiger charge is 2.19. The molecule has 1 amide bonds. The molecule has 0 saturated carbocycles. The Kier molecular flexibility index (Phi) is 4.80. The molecule has 0 saturated heterocycles. The van der Waals surface area contributed by atoms with Gasteiger partial charge in [0.2, 0.25) is 0 Å². The molecule has 27 heavy (non-hydrogen) atoms. The van der Waals surface area contributed by atoms with Crippen LogP contribution in [0.1, 0.15) is 21.5 Å². The Labute approximate surface area is 152 Å². The fourth-order valence-electron chi connectivity index (χ4n) is 2.80. The SMILES string of the molecule is O=C(O)CNC(=O)c1c(O)c2ccc(Cc3cccc(O)c3)cc2[nH]c1=O. The van der Waals surface area contributed by atoms with Gasteiger partial charge in [0.05, 0.1) is 5.52 Å². The van der Waals surface area contributed by atoms with Gasteiger partial charge in [-0.05, 0) is 41.8 Å². The molecule has 1 heterocycles. The Hall–Kier alpha value is -3.81. The van der Waals surface area contributed by atoms with Gasteiger partial charge in [-0.1, -0.05) is 18.2 Å². The van der Waals surface area contributed by atoms with Gasteiger partial charge in [0.15, 0.2) is 0 Å². The van der Waals surface area contributed by atoms with Gasteiger partial charge in [0.1, 0.15) is 23.6 Å². The molecule has 0 fully saturated rings. The number of hydrogen-bond donors (Lipinski definition) is 5. The first-order valence-electron chi connectivity index (χ1n) is 8.01. The van der Waals surface area contributed by atoms with Crippen molar-refractivity contribution in [3.63, 3.8) is 0 Å². The monoisotopic (exact) mass is 368 g/mol. The summed E-state index contributed by atoms with van der Waals surface area (Å²) in [7, 11) is 0. The lowest BCUT2D eigenvalue weighted by atomic mass is 10.0. The number of phenolic OH excluding ortho intramolecular Hbond substituents is 1. The summed E-state index contributed by atoms with van der Waals surface area (Å²) >= 11 is 0. The van der Waals surface area contributed by atoms with Gasteiger partial charge in [-0.15, -0.1) is 0 Å². The maximum Gasteiger partial charge on any atom is 0.322 e. The van der Waals surface area contributed by atoms with Crippen LogP contribution in [0.2, 0.25) is 0 Å². The largest absolute Gasteiger partial charge is 0.508 e. The molecule has 0 aliphatic carbocycles. The van der Waals surface area contributed by atoms with Crippen LogP contribution in [-0.2, 0) is 11.2 Å². The third kappa shape index (κ3) is 3.90. The van der Waals surface area contributed by atoms with E-state index in [9.17, 15) is 24.6 Å². The minimum absolute atomic E-state index is 0.149. The minimum Gasteiger partial charge on any atom is -0.508 e. The zero-order valence-corrected chi connectivity index (χ0v) is 14.0. The fraction of sp³-hybridized carbons (Fsp3) is 0.105. The lowest BCUT2D eigenvalue weighted by molar-refractivity contribution is -0.135. The van der Waals surface area contributed by atoms with E-state index in [0.717, 1.165) is 11.1 Å². The van der Waals surface area contributed by atoms with Crippen LogP contribution in [0.3, 0.4) is 0 Å². The predicted octanol–water partition coefficient (Wildman–Crippen LogP) is 1.34. The van der Waals surface area contributed by atoms with Crippen molar-refractivity contribution in [2.24, 2.45) is 0 Å². The highest BCUT2D eigenvalue weighted by Crippen LogP contribution is 2.26. The molecule has 8 heteroatoms. The number of nitrogens with one attached hydrogen (secondary N) is 2. The second-order valence-electron chi connectivity index (χ2n) is 5.98. The van der Waals surface area contributed by atoms with Crippen molar-refractivity contribution < 1.29 is 24.9 Å². The topological polar surface area (TPSA) is 140 Å². The van der Waals surface area contributed by atoms with E-state index in [1.807, 2.05) is 6.07 Å². The third-order valence-electron chi connectivity index (χ3n) is 4.00. The van der Waals surface area contributed by atoms with Gasteiger partial charge in [0.25, 0.3) is 11.5 Å². The highest BCUT2D eigenvalue weighted by atomic mass is 16.4. The van der Waals surface area contributed by atoms with Crippen molar-refractivity contribution in [2.45, 2.75) is 6.42 Å². The van der Waals surface area contributed by atoms with Crippen LogP contribution in [0.25, 0.3) is 10.9 Å². The quantitative estimate of drug-likeness (QED) is 0.460. The van der Waals surface area contributed by atoms with E-state index in [2.05, 4.69) is 10.3 Å². The summed E-state index contributed by atoms with van der Waals surface area (Å²) in [5.41, 5.74) is 0.670. The van der Waals surface area contributed by atoms with Crippen molar-refractivity contribution in [1.29, 1.82) is 0 Å². The molecule has 0 bridgehead atoms. The van der Waals surface area contributed by atoms with E-state index in [1.165, 1.54) is 0 Å². The zero-order chi connectivity index (χ0) is 19.6. The fourth-order valence-corrected chi connectivity index (χ4v) is 2.80. The number of carboxylic acids is 1. The lowest BCUT2D eigenvalue weighted by Gasteiger charge is -2.09. The number of pyridine rings is 1. The molecule has 0 atom stereocenters. The Morgan fingerprint density at radius 2 is 1.78 bits per heavy atom. The molecule has 1 aromatic heterocycles. The predicted molar refractivity (Wildman–Crippen MR) is 97.1 cm³/mol. The number of aliphatic carboxylic acids is 1. The molecule has 8 nitrogen and oxygen atoms in total. The van der Waals surface area contributed by atoms with Crippen LogP contribution in [0.5, 0.6) is 11.5 Å². The molecule has 138 valence electrons. The first kappa shape index (κ1) is 18.0. The number of fused-ring (bicyclic) bond motifs is 1. The summed E-state index contributed by atoms with van der Waals surface area (Å²) < 4.78 is 0. The number of carbonyl (C=O) groups is 2. The molecular formula is C19H16N2O6. The standard InChI is InChI=1S/C19H16N2O6/c22-12-3-1-2-10(7-12)6-11-4-5-13-14(8-11)21-19(27)16(17(13)25)18(26)20-9-15(23)24/h1-5,7-8,22H,6,9H2,(H,20,26)(H,23,24)(H2,21,25,27). The van der Waals surface area contributed by atoms with Gasteiger partial charge in [-0.25, -0.2) is 0 Å². The maximum absolute atomic E-state index is 12.2. The van der Waals surface area contributed by atoms with Gasteiger partial charge in [-0.2, -0.15) is 0 Å². The molecule has 0 spiro atoms. The number of benzene rings is 2. The van der Waals surface area contributed by atoms with Gasteiger partial charge < -0.3 is 25.6 Å². The number of rotatable bonds is 5. The number of aromatic nitrogens is 1. The van der Waals surface area contributed by atoms with E-state index in [4.69, 9.17) is 5.11 Å². The summed E-state index contributed by atoms with van der Waals surface area (Å²) in [4.78, 5) is 37.3. The number of carbonyl (C=O) groups excluding carboxylic acids is 1. The van der Waals surface area contributed by atoms with Crippen molar-refractivity contribution in [3.8, 4) is 11.5 Å². The van der Waals surface area contributed by atoms with Gasteiger partial charge >= 0.3 is 5.97 Å². The third-order valence-corrected chi connectivity index (χ3v) is 4.00. The molecule has 2 aromatic carbocycles. The molecule has 3 aromatic rings. The Morgan fingerprint density at radius 1 is 1.04 bits per heavy atom. The van der Waals surface area contributed by atoms with Gasteiger partial charge in [-0.3, -0.25) is 14.4 Å². The number of carboxylic acid groups (broad SMARTS) is 1. The van der Waals surface area contributed by atoms with Crippen LogP contribution in [0, 0.1) is 0 Å². The van der Waals surface area contributed by atoms with Crippen molar-refractivity contribution >= 4 is 22.8 Å². The van der Waals surface area contributed by atoms with E-state index < -0.39 is 35.3 Å². The maximum atomic E-state index is 12.2. The molecular weight excluding hydrogens is 352 g/mol. The number of aromatic hydroxyl groups is 2. The minimum atomic E-state index is -1.27. The van der Waals surface area contributed by atoms with Crippen LogP contribution in [0.15, 0.2) is 47.3 Å².